The summed E-state index contributed by atoms with van der Waals surface area (Å²) in [6, 6.07) is -0.258. The first-order valence-corrected chi connectivity index (χ1v) is 7.99. The van der Waals surface area contributed by atoms with Gasteiger partial charge < -0.3 is 14.4 Å². The van der Waals surface area contributed by atoms with E-state index >= 15 is 0 Å². The highest BCUT2D eigenvalue weighted by Crippen LogP contribution is 2.38. The summed E-state index contributed by atoms with van der Waals surface area (Å²) < 4.78 is 11.0. The standard InChI is InChI=1S/C17H31NO4/c1-12-17(8,13(19)21-15(2,3)4)10-9-11-18(12)14(20)22-16(5,6)7/h12H,9-11H2,1-8H3. The highest BCUT2D eigenvalue weighted by Gasteiger charge is 2.48. The van der Waals surface area contributed by atoms with Gasteiger partial charge in [0.05, 0.1) is 5.41 Å². The summed E-state index contributed by atoms with van der Waals surface area (Å²) >= 11 is 0. The van der Waals surface area contributed by atoms with E-state index in [4.69, 9.17) is 9.47 Å². The van der Waals surface area contributed by atoms with E-state index in [0.29, 0.717) is 13.0 Å². The van der Waals surface area contributed by atoms with Crippen molar-refractivity contribution in [3.8, 4) is 0 Å². The monoisotopic (exact) mass is 313 g/mol. The third-order valence-electron chi connectivity index (χ3n) is 3.98. The third-order valence-corrected chi connectivity index (χ3v) is 3.98. The number of piperidine rings is 1. The minimum absolute atomic E-state index is 0.249. The number of carbonyl (C=O) groups excluding carboxylic acids is 2. The van der Waals surface area contributed by atoms with Crippen LogP contribution in [0.2, 0.25) is 0 Å². The number of hydrogen-bond acceptors (Lipinski definition) is 4. The van der Waals surface area contributed by atoms with Gasteiger partial charge in [-0.2, -0.15) is 0 Å². The lowest BCUT2D eigenvalue weighted by atomic mass is 9.75. The van der Waals surface area contributed by atoms with Crippen LogP contribution in [0.1, 0.15) is 68.2 Å². The SMILES string of the molecule is CC1N(C(=O)OC(C)(C)C)CCCC1(C)C(=O)OC(C)(C)C. The molecule has 0 radical (unpaired) electrons. The van der Waals surface area contributed by atoms with Gasteiger partial charge in [0.1, 0.15) is 11.2 Å². The molecule has 1 amide bonds. The zero-order chi connectivity index (χ0) is 17.3. The van der Waals surface area contributed by atoms with Crippen LogP contribution in [0.15, 0.2) is 0 Å². The Balaban J connectivity index is 2.91. The van der Waals surface area contributed by atoms with E-state index in [9.17, 15) is 9.59 Å². The van der Waals surface area contributed by atoms with Crippen molar-refractivity contribution in [1.82, 2.24) is 4.90 Å². The Kier molecular flexibility index (Phi) is 5.20. The predicted octanol–water partition coefficient (Wildman–Crippen LogP) is 3.75. The van der Waals surface area contributed by atoms with Crippen LogP contribution in [0.4, 0.5) is 4.79 Å². The fourth-order valence-corrected chi connectivity index (χ4v) is 2.60. The lowest BCUT2D eigenvalue weighted by Crippen LogP contribution is -2.57. The summed E-state index contributed by atoms with van der Waals surface area (Å²) in [4.78, 5) is 26.6. The van der Waals surface area contributed by atoms with Crippen LogP contribution in [0.25, 0.3) is 0 Å². The van der Waals surface area contributed by atoms with Gasteiger partial charge in [-0.3, -0.25) is 4.79 Å². The van der Waals surface area contributed by atoms with Gasteiger partial charge >= 0.3 is 12.1 Å². The van der Waals surface area contributed by atoms with Crippen LogP contribution in [0.3, 0.4) is 0 Å². The van der Waals surface area contributed by atoms with Gasteiger partial charge in [0, 0.05) is 12.6 Å². The average Bonchev–Trinajstić information content (AvgIpc) is 2.28. The highest BCUT2D eigenvalue weighted by atomic mass is 16.6. The second kappa shape index (κ2) is 6.09. The van der Waals surface area contributed by atoms with Gasteiger partial charge in [-0.15, -0.1) is 0 Å². The van der Waals surface area contributed by atoms with E-state index in [-0.39, 0.29) is 18.1 Å². The van der Waals surface area contributed by atoms with Crippen molar-refractivity contribution in [2.45, 2.75) is 85.5 Å². The lowest BCUT2D eigenvalue weighted by Gasteiger charge is -2.45. The van der Waals surface area contributed by atoms with Crippen molar-refractivity contribution < 1.29 is 19.1 Å². The van der Waals surface area contributed by atoms with Crippen LogP contribution in [-0.2, 0) is 14.3 Å². The van der Waals surface area contributed by atoms with E-state index in [1.54, 1.807) is 4.90 Å². The molecule has 2 atom stereocenters. The van der Waals surface area contributed by atoms with Crippen molar-refractivity contribution >= 4 is 12.1 Å². The number of amides is 1. The molecule has 1 saturated heterocycles. The predicted molar refractivity (Wildman–Crippen MR) is 85.6 cm³/mol. The topological polar surface area (TPSA) is 55.8 Å². The largest absolute Gasteiger partial charge is 0.459 e. The number of rotatable bonds is 1. The smallest absolute Gasteiger partial charge is 0.410 e. The quantitative estimate of drug-likeness (QED) is 0.692. The van der Waals surface area contributed by atoms with Crippen molar-refractivity contribution in [3.05, 3.63) is 0 Å². The van der Waals surface area contributed by atoms with Crippen molar-refractivity contribution in [2.75, 3.05) is 6.54 Å². The molecule has 128 valence electrons. The Labute approximate surface area is 134 Å². The molecule has 0 aliphatic carbocycles. The molecule has 0 aromatic rings. The zero-order valence-corrected chi connectivity index (χ0v) is 15.3. The number of likely N-dealkylation sites (tertiary alicyclic amines) is 1. The molecule has 0 aromatic carbocycles. The molecule has 5 nitrogen and oxygen atoms in total. The van der Waals surface area contributed by atoms with Crippen LogP contribution < -0.4 is 0 Å². The minimum Gasteiger partial charge on any atom is -0.459 e. The van der Waals surface area contributed by atoms with E-state index < -0.39 is 16.6 Å². The summed E-state index contributed by atoms with van der Waals surface area (Å²) in [5.74, 6) is -0.249. The number of nitrogens with zero attached hydrogens (tertiary/aromatic N) is 1. The fourth-order valence-electron chi connectivity index (χ4n) is 2.60. The van der Waals surface area contributed by atoms with Gasteiger partial charge in [0.25, 0.3) is 0 Å². The molecule has 1 heterocycles. The van der Waals surface area contributed by atoms with E-state index in [2.05, 4.69) is 0 Å². The van der Waals surface area contributed by atoms with E-state index in [1.807, 2.05) is 55.4 Å². The maximum atomic E-state index is 12.6. The summed E-state index contributed by atoms with van der Waals surface area (Å²) in [5, 5.41) is 0. The molecular weight excluding hydrogens is 282 g/mol. The Bertz CT molecular complexity index is 433. The minimum atomic E-state index is -0.706. The fraction of sp³-hybridized carbons (Fsp3) is 0.882. The first kappa shape index (κ1) is 18.8. The first-order valence-electron chi connectivity index (χ1n) is 7.99. The average molecular weight is 313 g/mol. The molecule has 22 heavy (non-hydrogen) atoms. The van der Waals surface area contributed by atoms with Crippen LogP contribution in [0.5, 0.6) is 0 Å². The number of hydrogen-bond donors (Lipinski definition) is 0. The molecule has 0 N–H and O–H groups in total. The second-order valence-electron chi connectivity index (χ2n) is 8.37. The van der Waals surface area contributed by atoms with Gasteiger partial charge in [-0.25, -0.2) is 4.79 Å². The summed E-state index contributed by atoms with van der Waals surface area (Å²) in [6.07, 6.45) is 1.11. The molecular formula is C17H31NO4. The Hall–Kier alpha value is -1.26. The number of ether oxygens (including phenoxy) is 2. The molecule has 0 spiro atoms. The molecule has 2 unspecified atom stereocenters. The van der Waals surface area contributed by atoms with Gasteiger partial charge in [-0.05, 0) is 68.2 Å². The van der Waals surface area contributed by atoms with Crippen LogP contribution in [-0.4, -0.2) is 40.8 Å². The molecule has 1 rings (SSSR count). The number of carbonyl (C=O) groups is 2. The molecule has 1 aliphatic rings. The van der Waals surface area contributed by atoms with Crippen LogP contribution >= 0.6 is 0 Å². The Morgan fingerprint density at radius 3 is 2.00 bits per heavy atom. The van der Waals surface area contributed by atoms with Crippen molar-refractivity contribution in [2.24, 2.45) is 5.41 Å². The van der Waals surface area contributed by atoms with E-state index in [1.165, 1.54) is 0 Å². The lowest BCUT2D eigenvalue weighted by molar-refractivity contribution is -0.173. The maximum Gasteiger partial charge on any atom is 0.410 e. The molecule has 1 fully saturated rings. The van der Waals surface area contributed by atoms with Gasteiger partial charge in [0.2, 0.25) is 0 Å². The summed E-state index contributed by atoms with van der Waals surface area (Å²) in [5.41, 5.74) is -1.78. The van der Waals surface area contributed by atoms with Gasteiger partial charge in [-0.1, -0.05) is 0 Å². The Morgan fingerprint density at radius 2 is 1.55 bits per heavy atom. The Morgan fingerprint density at radius 1 is 1.05 bits per heavy atom. The first-order chi connectivity index (χ1) is 9.76. The molecule has 0 bridgehead atoms. The summed E-state index contributed by atoms with van der Waals surface area (Å²) in [7, 11) is 0. The highest BCUT2D eigenvalue weighted by molar-refractivity contribution is 5.79. The third kappa shape index (κ3) is 4.62. The molecule has 5 heteroatoms. The molecule has 0 aromatic heterocycles. The van der Waals surface area contributed by atoms with Gasteiger partial charge in [0.15, 0.2) is 0 Å². The second-order valence-corrected chi connectivity index (χ2v) is 8.37. The summed E-state index contributed by atoms with van der Waals surface area (Å²) in [6.45, 7) is 15.5. The molecule has 0 saturated carbocycles. The van der Waals surface area contributed by atoms with Crippen molar-refractivity contribution in [1.29, 1.82) is 0 Å². The number of esters is 1. The van der Waals surface area contributed by atoms with E-state index in [0.717, 1.165) is 6.42 Å². The van der Waals surface area contributed by atoms with Crippen LogP contribution in [0, 0.1) is 5.41 Å². The normalized spacial score (nSPS) is 26.5. The van der Waals surface area contributed by atoms with Crippen molar-refractivity contribution in [3.63, 3.8) is 0 Å². The maximum absolute atomic E-state index is 12.6. The molecule has 1 aliphatic heterocycles. The zero-order valence-electron chi connectivity index (χ0n) is 15.3.